The molecule has 0 amide bonds. The molecular formula is C9H16F4O2. The first kappa shape index (κ1) is 14.6. The van der Waals surface area contributed by atoms with Crippen molar-refractivity contribution in [3.05, 3.63) is 0 Å². The van der Waals surface area contributed by atoms with Crippen molar-refractivity contribution in [2.45, 2.75) is 38.7 Å². The van der Waals surface area contributed by atoms with Crippen LogP contribution in [0.3, 0.4) is 0 Å². The lowest BCUT2D eigenvalue weighted by atomic mass is 10.3. The molecule has 0 rings (SSSR count). The Kier molecular flexibility index (Phi) is 7.68. The Hall–Kier alpha value is -0.360. The van der Waals surface area contributed by atoms with Crippen molar-refractivity contribution in [1.82, 2.24) is 0 Å². The molecule has 0 N–H and O–H groups in total. The van der Waals surface area contributed by atoms with Crippen LogP contribution in [-0.2, 0) is 9.47 Å². The molecule has 0 atom stereocenters. The molecule has 2 nitrogen and oxygen atoms in total. The van der Waals surface area contributed by atoms with Crippen molar-refractivity contribution in [3.8, 4) is 0 Å². The van der Waals surface area contributed by atoms with E-state index >= 15 is 0 Å². The van der Waals surface area contributed by atoms with E-state index in [4.69, 9.17) is 4.74 Å². The fourth-order valence-corrected chi connectivity index (χ4v) is 0.856. The first-order valence-electron chi connectivity index (χ1n) is 4.88. The van der Waals surface area contributed by atoms with Crippen LogP contribution in [0.4, 0.5) is 17.6 Å². The van der Waals surface area contributed by atoms with E-state index in [1.165, 1.54) is 0 Å². The smallest absolute Gasteiger partial charge is 0.379 e. The first-order valence-corrected chi connectivity index (χ1v) is 4.88. The molecule has 0 spiro atoms. The van der Waals surface area contributed by atoms with Gasteiger partial charge >= 0.3 is 12.5 Å². The second-order valence-corrected chi connectivity index (χ2v) is 3.03. The van der Waals surface area contributed by atoms with E-state index in [-0.39, 0.29) is 6.61 Å². The largest absolute Gasteiger partial charge is 0.416 e. The summed E-state index contributed by atoms with van der Waals surface area (Å²) in [5.41, 5.74) is 0. The van der Waals surface area contributed by atoms with Crippen LogP contribution in [0.25, 0.3) is 0 Å². The number of halogens is 4. The third-order valence-corrected chi connectivity index (χ3v) is 1.67. The van der Waals surface area contributed by atoms with Gasteiger partial charge in [0.25, 0.3) is 0 Å². The maximum absolute atomic E-state index is 12.1. The quantitative estimate of drug-likeness (QED) is 0.449. The maximum atomic E-state index is 12.1. The Morgan fingerprint density at radius 1 is 1.07 bits per heavy atom. The van der Waals surface area contributed by atoms with Gasteiger partial charge in [-0.1, -0.05) is 19.8 Å². The molecular weight excluding hydrogens is 216 g/mol. The average molecular weight is 232 g/mol. The number of rotatable bonds is 9. The van der Waals surface area contributed by atoms with Gasteiger partial charge in [0.1, 0.15) is 0 Å². The van der Waals surface area contributed by atoms with Crippen LogP contribution in [0, 0.1) is 0 Å². The van der Waals surface area contributed by atoms with Crippen molar-refractivity contribution < 1.29 is 27.0 Å². The van der Waals surface area contributed by atoms with Crippen molar-refractivity contribution in [2.75, 3.05) is 19.8 Å². The molecule has 0 heterocycles. The van der Waals surface area contributed by atoms with Crippen LogP contribution in [0.5, 0.6) is 0 Å². The Bertz CT molecular complexity index is 153. The molecule has 0 fully saturated rings. The summed E-state index contributed by atoms with van der Waals surface area (Å²) in [6, 6.07) is 0. The minimum Gasteiger partial charge on any atom is -0.379 e. The number of ether oxygens (including phenoxy) is 2. The summed E-state index contributed by atoms with van der Waals surface area (Å²) in [7, 11) is 0. The van der Waals surface area contributed by atoms with Gasteiger partial charge in [-0.25, -0.2) is 8.78 Å². The summed E-state index contributed by atoms with van der Waals surface area (Å²) < 4.78 is 56.0. The number of hydrogen-bond acceptors (Lipinski definition) is 2. The predicted octanol–water partition coefficient (Wildman–Crippen LogP) is 3.07. The molecule has 0 radical (unpaired) electrons. The van der Waals surface area contributed by atoms with Gasteiger partial charge in [-0.15, -0.1) is 0 Å². The van der Waals surface area contributed by atoms with E-state index in [0.29, 0.717) is 6.61 Å². The van der Waals surface area contributed by atoms with Crippen LogP contribution >= 0.6 is 0 Å². The zero-order valence-corrected chi connectivity index (χ0v) is 8.65. The third-order valence-electron chi connectivity index (χ3n) is 1.67. The van der Waals surface area contributed by atoms with E-state index in [0.717, 1.165) is 19.3 Å². The Balaban J connectivity index is 3.31. The van der Waals surface area contributed by atoms with Gasteiger partial charge in [-0.3, -0.25) is 0 Å². The zero-order valence-electron chi connectivity index (χ0n) is 8.65. The van der Waals surface area contributed by atoms with Gasteiger partial charge in [-0.2, -0.15) is 8.78 Å². The lowest BCUT2D eigenvalue weighted by Gasteiger charge is -2.15. The standard InChI is InChI=1S/C9H16F4O2/c1-2-3-4-5-14-6-7-15-9(12,13)8(10)11/h8H,2-7H2,1H3. The molecule has 6 heteroatoms. The fraction of sp³-hybridized carbons (Fsp3) is 1.00. The molecule has 0 saturated carbocycles. The topological polar surface area (TPSA) is 18.5 Å². The number of hydrogen-bond donors (Lipinski definition) is 0. The molecule has 0 saturated heterocycles. The summed E-state index contributed by atoms with van der Waals surface area (Å²) in [5, 5.41) is 0. The highest BCUT2D eigenvalue weighted by molar-refractivity contribution is 4.54. The Labute approximate surface area is 86.5 Å². The summed E-state index contributed by atoms with van der Waals surface area (Å²) in [5.74, 6) is 0. The molecule has 0 aromatic heterocycles. The molecule has 0 aromatic rings. The molecule has 92 valence electrons. The van der Waals surface area contributed by atoms with Gasteiger partial charge in [0.2, 0.25) is 0 Å². The highest BCUT2D eigenvalue weighted by atomic mass is 19.3. The second kappa shape index (κ2) is 7.87. The van der Waals surface area contributed by atoms with Crippen LogP contribution in [0.1, 0.15) is 26.2 Å². The highest BCUT2D eigenvalue weighted by Crippen LogP contribution is 2.23. The lowest BCUT2D eigenvalue weighted by Crippen LogP contribution is -2.31. The van der Waals surface area contributed by atoms with Gasteiger partial charge in [0.15, 0.2) is 0 Å². The fourth-order valence-electron chi connectivity index (χ4n) is 0.856. The number of alkyl halides is 4. The lowest BCUT2D eigenvalue weighted by molar-refractivity contribution is -0.303. The van der Waals surface area contributed by atoms with E-state index < -0.39 is 19.1 Å². The zero-order chi connectivity index (χ0) is 11.7. The molecule has 0 unspecified atom stereocenters. The van der Waals surface area contributed by atoms with Crippen LogP contribution in [0.2, 0.25) is 0 Å². The van der Waals surface area contributed by atoms with E-state index in [9.17, 15) is 17.6 Å². The summed E-state index contributed by atoms with van der Waals surface area (Å²) in [6.45, 7) is 1.85. The first-order chi connectivity index (χ1) is 7.00. The van der Waals surface area contributed by atoms with Gasteiger partial charge in [0.05, 0.1) is 13.2 Å². The second-order valence-electron chi connectivity index (χ2n) is 3.03. The summed E-state index contributed by atoms with van der Waals surface area (Å²) in [4.78, 5) is 0. The van der Waals surface area contributed by atoms with Crippen molar-refractivity contribution in [2.24, 2.45) is 0 Å². The molecule has 0 aromatic carbocycles. The van der Waals surface area contributed by atoms with Gasteiger partial charge < -0.3 is 9.47 Å². The monoisotopic (exact) mass is 232 g/mol. The van der Waals surface area contributed by atoms with Crippen molar-refractivity contribution >= 4 is 0 Å². The maximum Gasteiger partial charge on any atom is 0.416 e. The van der Waals surface area contributed by atoms with E-state index in [1.54, 1.807) is 0 Å². The predicted molar refractivity (Wildman–Crippen MR) is 47.2 cm³/mol. The third kappa shape index (κ3) is 7.56. The normalized spacial score (nSPS) is 12.4. The van der Waals surface area contributed by atoms with E-state index in [1.807, 2.05) is 6.92 Å². The Morgan fingerprint density at radius 2 is 1.73 bits per heavy atom. The number of unbranched alkanes of at least 4 members (excludes halogenated alkanes) is 2. The molecule has 15 heavy (non-hydrogen) atoms. The van der Waals surface area contributed by atoms with Gasteiger partial charge in [0, 0.05) is 6.61 Å². The van der Waals surface area contributed by atoms with Crippen LogP contribution < -0.4 is 0 Å². The van der Waals surface area contributed by atoms with Crippen LogP contribution in [0.15, 0.2) is 0 Å². The SMILES string of the molecule is CCCCCOCCOC(F)(F)C(F)F. The van der Waals surface area contributed by atoms with Crippen LogP contribution in [-0.4, -0.2) is 32.4 Å². The minimum atomic E-state index is -4.37. The summed E-state index contributed by atoms with van der Waals surface area (Å²) >= 11 is 0. The van der Waals surface area contributed by atoms with Crippen molar-refractivity contribution in [3.63, 3.8) is 0 Å². The molecule has 0 aliphatic heterocycles. The molecule has 0 aliphatic carbocycles. The molecule has 0 bridgehead atoms. The van der Waals surface area contributed by atoms with E-state index in [2.05, 4.69) is 4.74 Å². The van der Waals surface area contributed by atoms with Gasteiger partial charge in [-0.05, 0) is 6.42 Å². The highest BCUT2D eigenvalue weighted by Gasteiger charge is 2.41. The summed E-state index contributed by atoms with van der Waals surface area (Å²) in [6.07, 6.45) is -5.30. The minimum absolute atomic E-state index is 0.0912. The molecule has 0 aliphatic rings. The van der Waals surface area contributed by atoms with Crippen molar-refractivity contribution in [1.29, 1.82) is 0 Å². The Morgan fingerprint density at radius 3 is 2.27 bits per heavy atom. The average Bonchev–Trinajstić information content (AvgIpc) is 2.16.